The number of alkyl halides is 6. The van der Waals surface area contributed by atoms with Crippen molar-refractivity contribution in [2.24, 2.45) is 0 Å². The van der Waals surface area contributed by atoms with E-state index in [9.17, 15) is 42.1 Å². The lowest BCUT2D eigenvalue weighted by atomic mass is 9.91. The van der Waals surface area contributed by atoms with Gasteiger partial charge in [-0.05, 0) is 191 Å². The van der Waals surface area contributed by atoms with E-state index in [4.69, 9.17) is 49.6 Å². The van der Waals surface area contributed by atoms with Crippen LogP contribution >= 0.6 is 0 Å². The van der Waals surface area contributed by atoms with Crippen LogP contribution in [0.25, 0.3) is 216 Å². The summed E-state index contributed by atoms with van der Waals surface area (Å²) < 4.78 is 92.7. The highest BCUT2D eigenvalue weighted by molar-refractivity contribution is 6.15. The predicted molar refractivity (Wildman–Crippen MR) is 531 cm³/mol. The second-order valence-corrected chi connectivity index (χ2v) is 33.1. The van der Waals surface area contributed by atoms with E-state index in [1.165, 1.54) is 18.2 Å². The number of fused-ring (bicyclic) bond motifs is 6. The third-order valence-corrected chi connectivity index (χ3v) is 24.4. The first-order chi connectivity index (χ1) is 67.2. The minimum Gasteiger partial charge on any atom is -0.308 e. The minimum absolute atomic E-state index is 0.285. The summed E-state index contributed by atoms with van der Waals surface area (Å²) in [5.74, 6) is 2.39. The Morgan fingerprint density at radius 2 is 0.565 bits per heavy atom. The lowest BCUT2D eigenvalue weighted by Gasteiger charge is -2.22. The normalized spacial score (nSPS) is 11.3. The average molecular weight is 1800 g/mol. The molecular formula is C118H68F6N14. The summed E-state index contributed by atoms with van der Waals surface area (Å²) in [6.07, 6.45) is -9.27. The molecular weight excluding hydrogens is 1730 g/mol. The maximum atomic E-state index is 14.9. The zero-order valence-electron chi connectivity index (χ0n) is 73.3. The summed E-state index contributed by atoms with van der Waals surface area (Å²) in [4.78, 5) is 41.2. The van der Waals surface area contributed by atoms with Crippen molar-refractivity contribution in [3.05, 3.63) is 449 Å². The summed E-state index contributed by atoms with van der Waals surface area (Å²) in [6, 6.07) is 120. The third kappa shape index (κ3) is 16.8. The molecule has 0 fully saturated rings. The van der Waals surface area contributed by atoms with Crippen molar-refractivity contribution in [3.8, 4) is 176 Å². The summed E-state index contributed by atoms with van der Waals surface area (Å²) in [5, 5.41) is 32.8. The van der Waals surface area contributed by atoms with E-state index in [2.05, 4.69) is 47.9 Å². The monoisotopic (exact) mass is 1790 g/mol. The fourth-order valence-electron chi connectivity index (χ4n) is 17.9. The predicted octanol–water partition coefficient (Wildman–Crippen LogP) is 31.5. The first kappa shape index (κ1) is 86.9. The Kier molecular flexibility index (Phi) is 22.8. The van der Waals surface area contributed by atoms with E-state index in [-0.39, 0.29) is 5.56 Å². The quantitative estimate of drug-likeness (QED) is 0.0715. The molecule has 21 rings (SSSR count). The van der Waals surface area contributed by atoms with Crippen LogP contribution in [0.5, 0.6) is 0 Å². The van der Waals surface area contributed by atoms with Gasteiger partial charge < -0.3 is 9.13 Å². The van der Waals surface area contributed by atoms with Gasteiger partial charge in [0.25, 0.3) is 0 Å². The minimum atomic E-state index is -4.67. The molecule has 0 unspecified atom stereocenters. The van der Waals surface area contributed by atoms with Gasteiger partial charge in [-0.15, -0.1) is 0 Å². The molecule has 0 saturated heterocycles. The van der Waals surface area contributed by atoms with Crippen LogP contribution in [-0.4, -0.2) is 39.0 Å². The van der Waals surface area contributed by atoms with Crippen molar-refractivity contribution in [1.82, 2.24) is 39.0 Å². The van der Waals surface area contributed by atoms with Gasteiger partial charge >= 0.3 is 12.4 Å². The van der Waals surface area contributed by atoms with Gasteiger partial charge in [0.05, 0.1) is 82.5 Å². The standard InChI is InChI=1S/C63H35F3N8.C55H33F3N6/c1-38-12-10-17-42(28-38)52-34-46(62-72-60(40-13-6-4-7-14-40)71-61(73-62)41-15-8-5-9-16-41)35-53(43-18-11-19-48(30-43)63(64,65)66)59(52)74-57-26-21-44(50-25-23-49(69-2)31-47(50)37-68)32-54(57)55-33-45(22-27-58(55)74)51-24-20-39(36-67)29-56(51)70-3;1-34-13-11-18-38(27-34)45-31-41(54-62-52(36-14-5-3-6-15-36)61-53(63-54)37-16-7-4-8-17-37)32-46(39-19-12-20-42(29-39)55(56,57)58)51(45)64-49-22-10-9-21-44(49)47-30-40(24-26-50(47)64)43-25-23-35(33-59)28-48(43)60-2/h4-35H,1H3;3-32H,1H3. The molecule has 652 valence electrons. The number of nitrogens with zero attached hydrogens (tertiary/aromatic N) is 14. The molecule has 4 aromatic heterocycles. The van der Waals surface area contributed by atoms with Gasteiger partial charge in [0, 0.05) is 93.9 Å². The van der Waals surface area contributed by atoms with Crippen LogP contribution in [-0.2, 0) is 12.4 Å². The zero-order valence-corrected chi connectivity index (χ0v) is 73.3. The van der Waals surface area contributed by atoms with E-state index in [0.29, 0.717) is 152 Å². The zero-order chi connectivity index (χ0) is 95.0. The number of aryl methyl sites for hydroxylation is 2. The lowest BCUT2D eigenvalue weighted by molar-refractivity contribution is -0.138. The smallest absolute Gasteiger partial charge is 0.308 e. The Morgan fingerprint density at radius 1 is 0.254 bits per heavy atom. The number of aromatic nitrogens is 8. The lowest BCUT2D eigenvalue weighted by Crippen LogP contribution is -2.06. The third-order valence-electron chi connectivity index (χ3n) is 24.4. The molecule has 138 heavy (non-hydrogen) atoms. The van der Waals surface area contributed by atoms with Crippen molar-refractivity contribution in [2.45, 2.75) is 26.2 Å². The Morgan fingerprint density at radius 3 is 0.913 bits per heavy atom. The van der Waals surface area contributed by atoms with Crippen molar-refractivity contribution in [1.29, 1.82) is 15.8 Å². The van der Waals surface area contributed by atoms with E-state index in [1.807, 2.05) is 281 Å². The Hall–Kier alpha value is -19.1. The molecule has 21 aromatic rings. The highest BCUT2D eigenvalue weighted by Crippen LogP contribution is 2.51. The SMILES string of the molecule is [C-]#[N+]c1cc(C#N)ccc1-c1ccc2c(c1)c1ccccc1n2-c1c(-c2cccc(C)c2)cc(-c2nc(-c3ccccc3)nc(-c3ccccc3)n2)cc1-c1cccc(C(F)(F)F)c1.[C-]#[N+]c1ccc(-c2ccc3c(c2)c2cc(-c4ccc(C#N)cc4[N+]#[C-])ccc2n3-c2c(-c3cccc(C)c3)cc(-c3nc(-c4ccccc4)nc(-c4ccccc4)n3)cc2-c2cccc(C(F)(F)F)c2)c(C#N)c1. The molecule has 17 aromatic carbocycles. The Bertz CT molecular complexity index is 8540. The van der Waals surface area contributed by atoms with Crippen molar-refractivity contribution >= 4 is 60.7 Å². The number of benzene rings is 17. The molecule has 0 aliphatic rings. The molecule has 0 bridgehead atoms. The van der Waals surface area contributed by atoms with Gasteiger partial charge in [-0.1, -0.05) is 266 Å². The average Bonchev–Trinajstić information content (AvgIpc) is 1.54. The van der Waals surface area contributed by atoms with Crippen LogP contribution in [0.15, 0.2) is 376 Å². The summed E-state index contributed by atoms with van der Waals surface area (Å²) in [6.45, 7) is 27.6. The first-order valence-electron chi connectivity index (χ1n) is 43.7. The fourth-order valence-corrected chi connectivity index (χ4v) is 17.9. The van der Waals surface area contributed by atoms with Crippen LogP contribution in [0.1, 0.15) is 38.9 Å². The Balaban J connectivity index is 0.000000172. The Labute approximate surface area is 788 Å². The maximum absolute atomic E-state index is 14.9. The molecule has 0 aliphatic heterocycles. The molecule has 0 saturated carbocycles. The van der Waals surface area contributed by atoms with Crippen molar-refractivity contribution in [3.63, 3.8) is 0 Å². The summed E-state index contributed by atoms with van der Waals surface area (Å²) in [5.41, 5.74) is 19.5. The van der Waals surface area contributed by atoms with Crippen LogP contribution in [0.4, 0.5) is 43.4 Å². The molecule has 20 heteroatoms. The molecule has 14 nitrogen and oxygen atoms in total. The summed E-state index contributed by atoms with van der Waals surface area (Å²) in [7, 11) is 0. The van der Waals surface area contributed by atoms with Gasteiger partial charge in [-0.3, -0.25) is 0 Å². The second kappa shape index (κ2) is 36.2. The maximum Gasteiger partial charge on any atom is 0.416 e. The first-order valence-corrected chi connectivity index (χ1v) is 43.7. The van der Waals surface area contributed by atoms with Crippen LogP contribution in [0.3, 0.4) is 0 Å². The highest BCUT2D eigenvalue weighted by atomic mass is 19.4. The number of hydrogen-bond donors (Lipinski definition) is 0. The topological polar surface area (TPSA) is 172 Å². The molecule has 0 amide bonds. The van der Waals surface area contributed by atoms with E-state index >= 15 is 0 Å². The number of halogens is 6. The molecule has 0 radical (unpaired) electrons. The molecule has 0 N–H and O–H groups in total. The van der Waals surface area contributed by atoms with Crippen molar-refractivity contribution < 1.29 is 26.3 Å². The number of hydrogen-bond acceptors (Lipinski definition) is 9. The molecule has 4 heterocycles. The van der Waals surface area contributed by atoms with Crippen molar-refractivity contribution in [2.75, 3.05) is 0 Å². The molecule has 0 atom stereocenters. The molecule has 0 spiro atoms. The highest BCUT2D eigenvalue weighted by Gasteiger charge is 2.35. The van der Waals surface area contributed by atoms with Crippen LogP contribution in [0.2, 0.25) is 0 Å². The van der Waals surface area contributed by atoms with Gasteiger partial charge in [0.15, 0.2) is 52.0 Å². The second-order valence-electron chi connectivity index (χ2n) is 33.1. The molecule has 0 aliphatic carbocycles. The van der Waals surface area contributed by atoms with E-state index in [1.54, 1.807) is 66.7 Å². The van der Waals surface area contributed by atoms with Crippen LogP contribution in [0, 0.1) is 67.6 Å². The van der Waals surface area contributed by atoms with E-state index < -0.39 is 23.5 Å². The fraction of sp³-hybridized carbons (Fsp3) is 0.0339. The van der Waals surface area contributed by atoms with Gasteiger partial charge in [-0.25, -0.2) is 44.4 Å². The van der Waals surface area contributed by atoms with Gasteiger partial charge in [0.2, 0.25) is 0 Å². The van der Waals surface area contributed by atoms with Gasteiger partial charge in [-0.2, -0.15) is 42.1 Å². The largest absolute Gasteiger partial charge is 0.416 e. The van der Waals surface area contributed by atoms with E-state index in [0.717, 1.165) is 106 Å². The van der Waals surface area contributed by atoms with Crippen LogP contribution < -0.4 is 0 Å². The summed E-state index contributed by atoms with van der Waals surface area (Å²) >= 11 is 0. The van der Waals surface area contributed by atoms with Gasteiger partial charge in [0.1, 0.15) is 0 Å². The number of rotatable bonds is 15. The number of para-hydroxylation sites is 1. The number of nitriles is 3.